The third kappa shape index (κ3) is 3.78. The molecule has 0 unspecified atom stereocenters. The standard InChI is InChI=1S/C8H7N.C7H8.H3N/c1-2-4-8-7(3-1)5-6-9-8;1-7-5-3-2-4-6-7;/h1-6,9H;2-6H,1H3;1H3. The summed E-state index contributed by atoms with van der Waals surface area (Å²) in [6.45, 7) is 2.08. The number of H-pyrrole nitrogens is 1. The molecule has 1 heterocycles. The van der Waals surface area contributed by atoms with E-state index in [4.69, 9.17) is 0 Å². The Morgan fingerprint density at radius 2 is 1.41 bits per heavy atom. The van der Waals surface area contributed by atoms with Crippen LogP contribution in [-0.4, -0.2) is 4.98 Å². The van der Waals surface area contributed by atoms with Gasteiger partial charge in [-0.05, 0) is 24.4 Å². The molecule has 0 fully saturated rings. The zero-order chi connectivity index (χ0) is 11.2. The zero-order valence-electron chi connectivity index (χ0n) is 10.1. The summed E-state index contributed by atoms with van der Waals surface area (Å²) in [5.41, 5.74) is 2.53. The molecule has 0 aliphatic heterocycles. The molecule has 0 saturated carbocycles. The summed E-state index contributed by atoms with van der Waals surface area (Å²) in [5, 5.41) is 1.28. The molecule has 17 heavy (non-hydrogen) atoms. The second-order valence-corrected chi connectivity index (χ2v) is 3.72. The molecular formula is C15H18N2. The SMILES string of the molecule is Cc1ccccc1.N.c1ccc2[nH]ccc2c1. The van der Waals surface area contributed by atoms with Crippen LogP contribution in [0.2, 0.25) is 0 Å². The second kappa shape index (κ2) is 6.51. The number of aryl methyl sites for hydroxylation is 1. The largest absolute Gasteiger partial charge is 0.361 e. The number of fused-ring (bicyclic) bond motifs is 1. The van der Waals surface area contributed by atoms with E-state index >= 15 is 0 Å². The van der Waals surface area contributed by atoms with E-state index < -0.39 is 0 Å². The van der Waals surface area contributed by atoms with Crippen molar-refractivity contribution in [3.63, 3.8) is 0 Å². The van der Waals surface area contributed by atoms with E-state index in [1.807, 2.05) is 36.5 Å². The zero-order valence-corrected chi connectivity index (χ0v) is 10.1. The molecule has 0 saturated heterocycles. The van der Waals surface area contributed by atoms with Gasteiger partial charge >= 0.3 is 0 Å². The maximum atomic E-state index is 3.12. The number of para-hydroxylation sites is 1. The molecule has 0 radical (unpaired) electrons. The number of benzene rings is 2. The first-order valence-electron chi connectivity index (χ1n) is 5.40. The normalized spacial score (nSPS) is 9.00. The van der Waals surface area contributed by atoms with Crippen molar-refractivity contribution in [3.05, 3.63) is 72.4 Å². The fourth-order valence-electron chi connectivity index (χ4n) is 1.53. The number of hydrogen-bond acceptors (Lipinski definition) is 1. The third-order valence-electron chi connectivity index (χ3n) is 2.40. The van der Waals surface area contributed by atoms with Crippen molar-refractivity contribution >= 4 is 10.9 Å². The average molecular weight is 226 g/mol. The molecule has 4 N–H and O–H groups in total. The van der Waals surface area contributed by atoms with Gasteiger partial charge in [-0.15, -0.1) is 0 Å². The van der Waals surface area contributed by atoms with Crippen LogP contribution in [0.1, 0.15) is 5.56 Å². The number of nitrogens with one attached hydrogen (secondary N) is 1. The molecule has 0 aliphatic rings. The number of aromatic amines is 1. The summed E-state index contributed by atoms with van der Waals surface area (Å²) in [7, 11) is 0. The lowest BCUT2D eigenvalue weighted by Crippen LogP contribution is -1.62. The van der Waals surface area contributed by atoms with Gasteiger partial charge in [-0.2, -0.15) is 0 Å². The van der Waals surface area contributed by atoms with Gasteiger partial charge in [-0.3, -0.25) is 0 Å². The van der Waals surface area contributed by atoms with Gasteiger partial charge in [0.2, 0.25) is 0 Å². The minimum Gasteiger partial charge on any atom is -0.361 e. The summed E-state index contributed by atoms with van der Waals surface area (Å²) in [6, 6.07) is 20.5. The van der Waals surface area contributed by atoms with E-state index in [-0.39, 0.29) is 6.15 Å². The van der Waals surface area contributed by atoms with E-state index in [0.29, 0.717) is 0 Å². The second-order valence-electron chi connectivity index (χ2n) is 3.72. The van der Waals surface area contributed by atoms with Crippen molar-refractivity contribution in [2.45, 2.75) is 6.92 Å². The predicted molar refractivity (Wildman–Crippen MR) is 74.5 cm³/mol. The van der Waals surface area contributed by atoms with Crippen molar-refractivity contribution in [3.8, 4) is 0 Å². The highest BCUT2D eigenvalue weighted by Crippen LogP contribution is 2.09. The highest BCUT2D eigenvalue weighted by molar-refractivity contribution is 5.78. The quantitative estimate of drug-likeness (QED) is 0.589. The molecule has 0 amide bonds. The van der Waals surface area contributed by atoms with Crippen LogP contribution in [-0.2, 0) is 0 Å². The average Bonchev–Trinajstić information content (AvgIpc) is 2.79. The highest BCUT2D eigenvalue weighted by Gasteiger charge is 1.86. The lowest BCUT2D eigenvalue weighted by molar-refractivity contribution is 1.48. The van der Waals surface area contributed by atoms with Crippen LogP contribution in [0.25, 0.3) is 10.9 Å². The van der Waals surface area contributed by atoms with Gasteiger partial charge < -0.3 is 11.1 Å². The van der Waals surface area contributed by atoms with Crippen LogP contribution in [0.15, 0.2) is 66.9 Å². The maximum Gasteiger partial charge on any atom is 0.0453 e. The summed E-state index contributed by atoms with van der Waals surface area (Å²) < 4.78 is 0. The minimum absolute atomic E-state index is 0. The molecule has 88 valence electrons. The van der Waals surface area contributed by atoms with Gasteiger partial charge in [-0.25, -0.2) is 0 Å². The van der Waals surface area contributed by atoms with Gasteiger partial charge in [-0.1, -0.05) is 54.1 Å². The summed E-state index contributed by atoms with van der Waals surface area (Å²) >= 11 is 0. The Bertz CT molecular complexity index is 511. The smallest absolute Gasteiger partial charge is 0.0453 e. The Hall–Kier alpha value is -2.06. The van der Waals surface area contributed by atoms with Crippen LogP contribution in [0, 0.1) is 6.92 Å². The van der Waals surface area contributed by atoms with Crippen LogP contribution in [0.5, 0.6) is 0 Å². The molecule has 0 aliphatic carbocycles. The monoisotopic (exact) mass is 226 g/mol. The molecule has 0 spiro atoms. The molecule has 0 atom stereocenters. The topological polar surface area (TPSA) is 50.8 Å². The molecule has 0 bridgehead atoms. The van der Waals surface area contributed by atoms with Crippen molar-refractivity contribution in [2.24, 2.45) is 0 Å². The Morgan fingerprint density at radius 3 is 2.00 bits per heavy atom. The molecular weight excluding hydrogens is 208 g/mol. The van der Waals surface area contributed by atoms with Crippen LogP contribution >= 0.6 is 0 Å². The fourth-order valence-corrected chi connectivity index (χ4v) is 1.53. The van der Waals surface area contributed by atoms with E-state index in [0.717, 1.165) is 0 Å². The first-order valence-corrected chi connectivity index (χ1v) is 5.40. The minimum atomic E-state index is 0. The van der Waals surface area contributed by atoms with Gasteiger partial charge in [0.05, 0.1) is 0 Å². The van der Waals surface area contributed by atoms with E-state index in [1.165, 1.54) is 16.5 Å². The Kier molecular flexibility index (Phi) is 4.98. The highest BCUT2D eigenvalue weighted by atomic mass is 14.6. The van der Waals surface area contributed by atoms with Gasteiger partial charge in [0.15, 0.2) is 0 Å². The Balaban J connectivity index is 0.000000166. The first-order chi connectivity index (χ1) is 7.86. The van der Waals surface area contributed by atoms with Crippen LogP contribution < -0.4 is 6.15 Å². The lowest BCUT2D eigenvalue weighted by atomic mass is 10.2. The molecule has 2 nitrogen and oxygen atoms in total. The van der Waals surface area contributed by atoms with E-state index in [9.17, 15) is 0 Å². The van der Waals surface area contributed by atoms with E-state index in [1.54, 1.807) is 0 Å². The number of hydrogen-bond donors (Lipinski definition) is 2. The molecule has 3 rings (SSSR count). The predicted octanol–water partition coefficient (Wildman–Crippen LogP) is 4.32. The number of aromatic nitrogens is 1. The maximum absolute atomic E-state index is 3.12. The van der Waals surface area contributed by atoms with E-state index in [2.05, 4.69) is 42.2 Å². The molecule has 2 aromatic carbocycles. The molecule has 1 aromatic heterocycles. The summed E-state index contributed by atoms with van der Waals surface area (Å²) in [5.74, 6) is 0. The summed E-state index contributed by atoms with van der Waals surface area (Å²) in [4.78, 5) is 3.12. The Labute approximate surface area is 102 Å². The molecule has 3 aromatic rings. The van der Waals surface area contributed by atoms with Crippen molar-refractivity contribution < 1.29 is 0 Å². The summed E-state index contributed by atoms with van der Waals surface area (Å²) in [6.07, 6.45) is 1.95. The fraction of sp³-hybridized carbons (Fsp3) is 0.0667. The lowest BCUT2D eigenvalue weighted by Gasteiger charge is -1.83. The van der Waals surface area contributed by atoms with Crippen LogP contribution in [0.3, 0.4) is 0 Å². The molecule has 2 heteroatoms. The van der Waals surface area contributed by atoms with Gasteiger partial charge in [0.25, 0.3) is 0 Å². The van der Waals surface area contributed by atoms with Gasteiger partial charge in [0, 0.05) is 11.7 Å². The Morgan fingerprint density at radius 1 is 0.765 bits per heavy atom. The van der Waals surface area contributed by atoms with Crippen molar-refractivity contribution in [1.82, 2.24) is 11.1 Å². The third-order valence-corrected chi connectivity index (χ3v) is 2.40. The van der Waals surface area contributed by atoms with Crippen molar-refractivity contribution in [2.75, 3.05) is 0 Å². The van der Waals surface area contributed by atoms with Crippen molar-refractivity contribution in [1.29, 1.82) is 0 Å². The van der Waals surface area contributed by atoms with Crippen LogP contribution in [0.4, 0.5) is 0 Å². The number of rotatable bonds is 0. The van der Waals surface area contributed by atoms with Gasteiger partial charge in [0.1, 0.15) is 0 Å². The first kappa shape index (κ1) is 13.0.